The van der Waals surface area contributed by atoms with Crippen molar-refractivity contribution in [3.05, 3.63) is 41.7 Å². The number of hydrogen-bond acceptors (Lipinski definition) is 5. The van der Waals surface area contributed by atoms with Gasteiger partial charge in [0.1, 0.15) is 10.8 Å². The normalized spacial score (nSPS) is 10.1. The average Bonchev–Trinajstić information content (AvgIpc) is 2.32. The standard InChI is InChI=1S/C10H9ClN4S/c11-8-2-1-4-14-10(8)16-7-3-5-13-9(6-7)15-12/h1-6H,12H2,(H,13,15). The molecule has 0 fully saturated rings. The Morgan fingerprint density at radius 3 is 2.88 bits per heavy atom. The van der Waals surface area contributed by atoms with E-state index >= 15 is 0 Å². The van der Waals surface area contributed by atoms with Crippen LogP contribution in [0.25, 0.3) is 0 Å². The van der Waals surface area contributed by atoms with Crippen LogP contribution in [0.2, 0.25) is 5.02 Å². The average molecular weight is 253 g/mol. The number of hydrogen-bond donors (Lipinski definition) is 2. The molecule has 2 aromatic heterocycles. The van der Waals surface area contributed by atoms with Gasteiger partial charge in [0.2, 0.25) is 0 Å². The lowest BCUT2D eigenvalue weighted by Crippen LogP contribution is -2.07. The number of anilines is 1. The van der Waals surface area contributed by atoms with Gasteiger partial charge in [0, 0.05) is 17.3 Å². The van der Waals surface area contributed by atoms with Crippen LogP contribution in [0.4, 0.5) is 5.82 Å². The van der Waals surface area contributed by atoms with E-state index in [0.717, 1.165) is 9.92 Å². The highest BCUT2D eigenvalue weighted by Crippen LogP contribution is 2.31. The van der Waals surface area contributed by atoms with Crippen LogP contribution < -0.4 is 11.3 Å². The molecule has 0 unspecified atom stereocenters. The Morgan fingerprint density at radius 2 is 2.12 bits per heavy atom. The van der Waals surface area contributed by atoms with Crippen LogP contribution in [0.5, 0.6) is 0 Å². The number of aromatic nitrogens is 2. The predicted octanol–water partition coefficient (Wildman–Crippen LogP) is 2.57. The molecule has 0 aromatic carbocycles. The molecular weight excluding hydrogens is 244 g/mol. The van der Waals surface area contributed by atoms with Gasteiger partial charge in [0.05, 0.1) is 5.02 Å². The maximum absolute atomic E-state index is 6.01. The van der Waals surface area contributed by atoms with Gasteiger partial charge in [-0.05, 0) is 24.3 Å². The van der Waals surface area contributed by atoms with E-state index in [1.807, 2.05) is 12.1 Å². The fraction of sp³-hybridized carbons (Fsp3) is 0. The van der Waals surface area contributed by atoms with Gasteiger partial charge in [-0.2, -0.15) is 0 Å². The van der Waals surface area contributed by atoms with E-state index < -0.39 is 0 Å². The van der Waals surface area contributed by atoms with Crippen molar-refractivity contribution in [3.8, 4) is 0 Å². The minimum absolute atomic E-state index is 0.608. The molecule has 16 heavy (non-hydrogen) atoms. The summed E-state index contributed by atoms with van der Waals surface area (Å²) in [5, 5.41) is 1.39. The van der Waals surface area contributed by atoms with Crippen molar-refractivity contribution < 1.29 is 0 Å². The summed E-state index contributed by atoms with van der Waals surface area (Å²) in [6.07, 6.45) is 3.38. The molecule has 0 radical (unpaired) electrons. The third kappa shape index (κ3) is 2.63. The van der Waals surface area contributed by atoms with E-state index in [1.54, 1.807) is 24.5 Å². The van der Waals surface area contributed by atoms with Crippen LogP contribution in [-0.2, 0) is 0 Å². The molecule has 2 aromatic rings. The number of nitrogen functional groups attached to an aromatic ring is 1. The van der Waals surface area contributed by atoms with Crippen molar-refractivity contribution in [2.24, 2.45) is 5.84 Å². The molecule has 2 rings (SSSR count). The molecule has 0 saturated heterocycles. The van der Waals surface area contributed by atoms with Gasteiger partial charge in [0.15, 0.2) is 0 Å². The van der Waals surface area contributed by atoms with Crippen molar-refractivity contribution >= 4 is 29.2 Å². The molecule has 0 saturated carbocycles. The van der Waals surface area contributed by atoms with Gasteiger partial charge in [-0.25, -0.2) is 15.8 Å². The number of nitrogens with zero attached hydrogens (tertiary/aromatic N) is 2. The highest BCUT2D eigenvalue weighted by atomic mass is 35.5. The summed E-state index contributed by atoms with van der Waals surface area (Å²) in [6, 6.07) is 7.30. The molecule has 0 bridgehead atoms. The van der Waals surface area contributed by atoms with Crippen molar-refractivity contribution in [2.75, 3.05) is 5.43 Å². The van der Waals surface area contributed by atoms with Crippen molar-refractivity contribution in [3.63, 3.8) is 0 Å². The Bertz CT molecular complexity index is 492. The maximum atomic E-state index is 6.01. The van der Waals surface area contributed by atoms with E-state index in [4.69, 9.17) is 17.4 Å². The van der Waals surface area contributed by atoms with Gasteiger partial charge in [0.25, 0.3) is 0 Å². The van der Waals surface area contributed by atoms with E-state index in [9.17, 15) is 0 Å². The molecule has 0 amide bonds. The Balaban J connectivity index is 2.24. The third-order valence-corrected chi connectivity index (χ3v) is 3.24. The molecule has 4 nitrogen and oxygen atoms in total. The minimum atomic E-state index is 0.608. The molecule has 0 aliphatic carbocycles. The summed E-state index contributed by atoms with van der Waals surface area (Å²) in [5.41, 5.74) is 2.49. The van der Waals surface area contributed by atoms with Gasteiger partial charge in [-0.15, -0.1) is 0 Å². The van der Waals surface area contributed by atoms with Gasteiger partial charge in [-0.1, -0.05) is 23.4 Å². The van der Waals surface area contributed by atoms with Gasteiger partial charge >= 0.3 is 0 Å². The summed E-state index contributed by atoms with van der Waals surface area (Å²) < 4.78 is 0. The minimum Gasteiger partial charge on any atom is -0.308 e. The topological polar surface area (TPSA) is 63.8 Å². The highest BCUT2D eigenvalue weighted by Gasteiger charge is 2.04. The number of hydrazine groups is 1. The second-order valence-electron chi connectivity index (χ2n) is 2.91. The Kier molecular flexibility index (Phi) is 3.61. The smallest absolute Gasteiger partial charge is 0.140 e. The monoisotopic (exact) mass is 252 g/mol. The Hall–Kier alpha value is -1.30. The van der Waals surface area contributed by atoms with E-state index in [0.29, 0.717) is 10.8 Å². The van der Waals surface area contributed by atoms with Crippen LogP contribution in [0.3, 0.4) is 0 Å². The molecule has 82 valence electrons. The van der Waals surface area contributed by atoms with E-state index in [-0.39, 0.29) is 0 Å². The zero-order chi connectivity index (χ0) is 11.4. The first kappa shape index (κ1) is 11.2. The number of pyridine rings is 2. The summed E-state index contributed by atoms with van der Waals surface area (Å²) in [4.78, 5) is 9.18. The lowest BCUT2D eigenvalue weighted by molar-refractivity contribution is 1.13. The molecule has 0 atom stereocenters. The summed E-state index contributed by atoms with van der Waals surface area (Å²) >= 11 is 7.47. The molecule has 2 heterocycles. The number of nitrogens with two attached hydrogens (primary N) is 1. The van der Waals surface area contributed by atoms with E-state index in [2.05, 4.69) is 15.4 Å². The summed E-state index contributed by atoms with van der Waals surface area (Å²) in [6.45, 7) is 0. The first-order valence-corrected chi connectivity index (χ1v) is 5.70. The lowest BCUT2D eigenvalue weighted by atomic mass is 10.5. The molecule has 0 aliphatic rings. The SMILES string of the molecule is NNc1cc(Sc2ncccc2Cl)ccn1. The van der Waals surface area contributed by atoms with Crippen LogP contribution in [-0.4, -0.2) is 9.97 Å². The summed E-state index contributed by atoms with van der Waals surface area (Å²) in [5.74, 6) is 5.89. The zero-order valence-electron chi connectivity index (χ0n) is 8.22. The van der Waals surface area contributed by atoms with Crippen molar-refractivity contribution in [1.82, 2.24) is 9.97 Å². The second-order valence-corrected chi connectivity index (χ2v) is 4.38. The first-order chi connectivity index (χ1) is 7.79. The quantitative estimate of drug-likeness (QED) is 0.649. The largest absolute Gasteiger partial charge is 0.308 e. The molecular formula is C10H9ClN4S. The maximum Gasteiger partial charge on any atom is 0.140 e. The number of halogens is 1. The molecule has 0 spiro atoms. The molecule has 6 heteroatoms. The highest BCUT2D eigenvalue weighted by molar-refractivity contribution is 7.99. The van der Waals surface area contributed by atoms with Crippen LogP contribution >= 0.6 is 23.4 Å². The van der Waals surface area contributed by atoms with Crippen LogP contribution in [0, 0.1) is 0 Å². The number of rotatable bonds is 3. The predicted molar refractivity (Wildman–Crippen MR) is 65.4 cm³/mol. The van der Waals surface area contributed by atoms with Crippen molar-refractivity contribution in [2.45, 2.75) is 9.92 Å². The van der Waals surface area contributed by atoms with E-state index in [1.165, 1.54) is 11.8 Å². The van der Waals surface area contributed by atoms with Crippen LogP contribution in [0.1, 0.15) is 0 Å². The fourth-order valence-corrected chi connectivity index (χ4v) is 2.15. The molecule has 0 aliphatic heterocycles. The lowest BCUT2D eigenvalue weighted by Gasteiger charge is -2.04. The van der Waals surface area contributed by atoms with Gasteiger partial charge < -0.3 is 5.43 Å². The zero-order valence-corrected chi connectivity index (χ0v) is 9.79. The van der Waals surface area contributed by atoms with Crippen molar-refractivity contribution in [1.29, 1.82) is 0 Å². The third-order valence-electron chi connectivity index (χ3n) is 1.82. The Labute approximate surface area is 102 Å². The Morgan fingerprint density at radius 1 is 1.25 bits per heavy atom. The summed E-state index contributed by atoms with van der Waals surface area (Å²) in [7, 11) is 0. The first-order valence-electron chi connectivity index (χ1n) is 4.50. The van der Waals surface area contributed by atoms with Crippen LogP contribution in [0.15, 0.2) is 46.6 Å². The molecule has 3 N–H and O–H groups in total. The number of nitrogens with one attached hydrogen (secondary N) is 1. The fourth-order valence-electron chi connectivity index (χ4n) is 1.11. The second kappa shape index (κ2) is 5.16. The van der Waals surface area contributed by atoms with Gasteiger partial charge in [-0.3, -0.25) is 0 Å².